The molecule has 7 nitrogen and oxygen atoms in total. The summed E-state index contributed by atoms with van der Waals surface area (Å²) >= 11 is 13.3. The Bertz CT molecular complexity index is 1170. The fourth-order valence-electron chi connectivity index (χ4n) is 3.19. The predicted octanol–water partition coefficient (Wildman–Crippen LogP) is 5.63. The largest absolute Gasteiger partial charge is 0.342 e. The average molecular weight is 518 g/mol. The van der Waals surface area contributed by atoms with Gasteiger partial charge in [-0.15, -0.1) is 16.8 Å². The first-order valence-corrected chi connectivity index (χ1v) is 12.3. The van der Waals surface area contributed by atoms with Crippen LogP contribution in [0.25, 0.3) is 0 Å². The molecule has 0 unspecified atom stereocenters. The molecule has 0 aliphatic heterocycles. The number of benzene rings is 2. The molecule has 3 rings (SSSR count). The average Bonchev–Trinajstić information content (AvgIpc) is 3.21. The van der Waals surface area contributed by atoms with Crippen LogP contribution in [0.1, 0.15) is 36.1 Å². The van der Waals surface area contributed by atoms with E-state index in [1.807, 2.05) is 36.6 Å². The van der Waals surface area contributed by atoms with Crippen LogP contribution in [0.2, 0.25) is 10.0 Å². The van der Waals surface area contributed by atoms with Crippen LogP contribution in [-0.4, -0.2) is 32.3 Å². The Balaban J connectivity index is 1.75. The van der Waals surface area contributed by atoms with Crippen LogP contribution in [0.4, 0.5) is 5.69 Å². The van der Waals surface area contributed by atoms with Crippen LogP contribution in [0, 0.1) is 5.92 Å². The van der Waals surface area contributed by atoms with Crippen molar-refractivity contribution in [2.24, 2.45) is 5.92 Å². The number of carbonyl (C=O) groups excluding carboxylic acids is 2. The molecule has 2 amide bonds. The fourth-order valence-corrected chi connectivity index (χ4v) is 4.28. The van der Waals surface area contributed by atoms with Gasteiger partial charge < -0.3 is 15.2 Å². The minimum Gasteiger partial charge on any atom is -0.342 e. The standard InChI is InChI=1S/C24H25Cl2N5O2S/c1-4-12-31-22(21(15(2)3)28-23(33)16-8-6-5-7-9-16)29-30-24(31)34-14-20(32)27-19-13-17(25)10-11-18(19)26/h4-11,13,15,21H,1,12,14H2,2-3H3,(H,27,32)(H,28,33)/t21-/m0/s1. The number of nitrogens with one attached hydrogen (secondary N) is 2. The van der Waals surface area contributed by atoms with Gasteiger partial charge in [-0.3, -0.25) is 9.59 Å². The molecular formula is C24H25Cl2N5O2S. The summed E-state index contributed by atoms with van der Waals surface area (Å²) in [4.78, 5) is 25.3. The Labute approximate surface area is 212 Å². The number of allylic oxidation sites excluding steroid dienone is 1. The number of aromatic nitrogens is 3. The summed E-state index contributed by atoms with van der Waals surface area (Å²) in [5.41, 5.74) is 1.00. The van der Waals surface area contributed by atoms with Gasteiger partial charge in [0.1, 0.15) is 0 Å². The Morgan fingerprint density at radius 1 is 1.15 bits per heavy atom. The van der Waals surface area contributed by atoms with Crippen LogP contribution in [0.3, 0.4) is 0 Å². The van der Waals surface area contributed by atoms with Crippen molar-refractivity contribution in [2.75, 3.05) is 11.1 Å². The van der Waals surface area contributed by atoms with Crippen LogP contribution in [-0.2, 0) is 11.3 Å². The van der Waals surface area contributed by atoms with E-state index < -0.39 is 0 Å². The number of anilines is 1. The number of hydrogen-bond acceptors (Lipinski definition) is 5. The van der Waals surface area contributed by atoms with Gasteiger partial charge in [0.25, 0.3) is 5.91 Å². The highest BCUT2D eigenvalue weighted by molar-refractivity contribution is 7.99. The highest BCUT2D eigenvalue weighted by Crippen LogP contribution is 2.28. The molecule has 0 aliphatic rings. The van der Waals surface area contributed by atoms with Gasteiger partial charge in [0, 0.05) is 17.1 Å². The third-order valence-electron chi connectivity index (χ3n) is 4.86. The lowest BCUT2D eigenvalue weighted by Gasteiger charge is -2.22. The van der Waals surface area contributed by atoms with Crippen LogP contribution >= 0.6 is 35.0 Å². The number of rotatable bonds is 10. The molecule has 0 bridgehead atoms. The molecule has 1 heterocycles. The first-order valence-electron chi connectivity index (χ1n) is 10.6. The lowest BCUT2D eigenvalue weighted by molar-refractivity contribution is -0.113. The lowest BCUT2D eigenvalue weighted by atomic mass is 10.0. The van der Waals surface area contributed by atoms with Crippen LogP contribution in [0.15, 0.2) is 66.3 Å². The molecule has 0 saturated heterocycles. The normalized spacial score (nSPS) is 11.8. The molecule has 34 heavy (non-hydrogen) atoms. The van der Waals surface area contributed by atoms with Crippen LogP contribution in [0.5, 0.6) is 0 Å². The third-order valence-corrected chi connectivity index (χ3v) is 6.39. The highest BCUT2D eigenvalue weighted by atomic mass is 35.5. The Morgan fingerprint density at radius 2 is 1.88 bits per heavy atom. The lowest BCUT2D eigenvalue weighted by Crippen LogP contribution is -2.33. The zero-order chi connectivity index (χ0) is 24.7. The number of nitrogens with zero attached hydrogens (tertiary/aromatic N) is 3. The van der Waals surface area contributed by atoms with E-state index in [0.717, 1.165) is 0 Å². The van der Waals surface area contributed by atoms with Crippen molar-refractivity contribution in [3.63, 3.8) is 0 Å². The number of thioether (sulfide) groups is 1. The third kappa shape index (κ3) is 6.62. The maximum Gasteiger partial charge on any atom is 0.251 e. The number of hydrogen-bond donors (Lipinski definition) is 2. The van der Waals surface area contributed by atoms with Gasteiger partial charge in [-0.05, 0) is 36.2 Å². The Hall–Kier alpha value is -2.81. The molecule has 3 aromatic rings. The van der Waals surface area contributed by atoms with Gasteiger partial charge in [0.15, 0.2) is 11.0 Å². The van der Waals surface area contributed by atoms with E-state index >= 15 is 0 Å². The molecule has 2 aromatic carbocycles. The van der Waals surface area contributed by atoms with Crippen molar-refractivity contribution < 1.29 is 9.59 Å². The summed E-state index contributed by atoms with van der Waals surface area (Å²) in [5, 5.41) is 15.9. The second-order valence-electron chi connectivity index (χ2n) is 7.76. The van der Waals surface area contributed by atoms with Crippen molar-refractivity contribution >= 4 is 52.5 Å². The molecule has 10 heteroatoms. The monoisotopic (exact) mass is 517 g/mol. The van der Waals surface area contributed by atoms with E-state index in [4.69, 9.17) is 23.2 Å². The highest BCUT2D eigenvalue weighted by Gasteiger charge is 2.26. The SMILES string of the molecule is C=CCn1c(SCC(=O)Nc2cc(Cl)ccc2Cl)nnc1[C@@H](NC(=O)c1ccccc1)C(C)C. The van der Waals surface area contributed by atoms with Crippen LogP contribution < -0.4 is 10.6 Å². The zero-order valence-corrected chi connectivity index (χ0v) is 21.1. The number of halogens is 2. The van der Waals surface area contributed by atoms with E-state index in [1.165, 1.54) is 11.8 Å². The van der Waals surface area contributed by atoms with Crippen molar-refractivity contribution in [1.82, 2.24) is 20.1 Å². The van der Waals surface area contributed by atoms with Gasteiger partial charge in [-0.1, -0.05) is 73.1 Å². The summed E-state index contributed by atoms with van der Waals surface area (Å²) in [5.74, 6) is 0.272. The van der Waals surface area contributed by atoms with Crippen molar-refractivity contribution in [2.45, 2.75) is 31.6 Å². The quantitative estimate of drug-likeness (QED) is 0.268. The van der Waals surface area contributed by atoms with Gasteiger partial charge in [0.05, 0.1) is 22.5 Å². The summed E-state index contributed by atoms with van der Waals surface area (Å²) < 4.78 is 1.85. The topological polar surface area (TPSA) is 88.9 Å². The molecule has 0 aliphatic carbocycles. The summed E-state index contributed by atoms with van der Waals surface area (Å²) in [7, 11) is 0. The zero-order valence-electron chi connectivity index (χ0n) is 18.8. The fraction of sp³-hybridized carbons (Fsp3) is 0.250. The summed E-state index contributed by atoms with van der Waals surface area (Å²) in [6, 6.07) is 13.5. The van der Waals surface area contributed by atoms with Gasteiger partial charge in [-0.25, -0.2) is 0 Å². The molecule has 178 valence electrons. The Kier molecular flexibility index (Phi) is 9.15. The van der Waals surface area contributed by atoms with E-state index in [9.17, 15) is 9.59 Å². The van der Waals surface area contributed by atoms with Crippen molar-refractivity contribution in [3.05, 3.63) is 82.6 Å². The second-order valence-corrected chi connectivity index (χ2v) is 9.55. The second kappa shape index (κ2) is 12.1. The molecule has 0 spiro atoms. The van der Waals surface area contributed by atoms with Gasteiger partial charge in [-0.2, -0.15) is 0 Å². The first-order chi connectivity index (χ1) is 16.3. The molecule has 0 fully saturated rings. The van der Waals surface area contributed by atoms with Crippen molar-refractivity contribution in [3.8, 4) is 0 Å². The Morgan fingerprint density at radius 3 is 2.56 bits per heavy atom. The maximum atomic E-state index is 12.8. The van der Waals surface area contributed by atoms with E-state index in [0.29, 0.717) is 38.8 Å². The molecule has 1 aromatic heterocycles. The summed E-state index contributed by atoms with van der Waals surface area (Å²) in [6.45, 7) is 8.24. The maximum absolute atomic E-state index is 12.8. The minimum atomic E-state index is -0.381. The van der Waals surface area contributed by atoms with Gasteiger partial charge >= 0.3 is 0 Å². The number of carbonyl (C=O) groups is 2. The molecule has 0 radical (unpaired) electrons. The van der Waals surface area contributed by atoms with E-state index in [-0.39, 0.29) is 29.5 Å². The summed E-state index contributed by atoms with van der Waals surface area (Å²) in [6.07, 6.45) is 1.72. The molecule has 2 N–H and O–H groups in total. The van der Waals surface area contributed by atoms with Gasteiger partial charge in [0.2, 0.25) is 5.91 Å². The smallest absolute Gasteiger partial charge is 0.251 e. The predicted molar refractivity (Wildman–Crippen MR) is 138 cm³/mol. The number of amides is 2. The first kappa shape index (κ1) is 25.8. The molecule has 0 saturated carbocycles. The van der Waals surface area contributed by atoms with E-state index in [2.05, 4.69) is 27.4 Å². The van der Waals surface area contributed by atoms with Crippen molar-refractivity contribution in [1.29, 1.82) is 0 Å². The molecule has 1 atom stereocenters. The van der Waals surface area contributed by atoms with E-state index in [1.54, 1.807) is 36.4 Å². The molecular weight excluding hydrogens is 493 g/mol. The minimum absolute atomic E-state index is 0.0477.